The molecule has 4 heteroatoms. The highest BCUT2D eigenvalue weighted by molar-refractivity contribution is 6.30. The lowest BCUT2D eigenvalue weighted by Crippen LogP contribution is -2.34. The van der Waals surface area contributed by atoms with Crippen LogP contribution in [0.15, 0.2) is 0 Å². The van der Waals surface area contributed by atoms with Crippen LogP contribution in [0.1, 0.15) is 37.3 Å². The van der Waals surface area contributed by atoms with Gasteiger partial charge in [0.05, 0.1) is 0 Å². The van der Waals surface area contributed by atoms with Crippen LogP contribution in [0.5, 0.6) is 0 Å². The summed E-state index contributed by atoms with van der Waals surface area (Å²) in [6.07, 6.45) is 3.82. The number of halogens is 1. The Balaban J connectivity index is 2.16. The predicted octanol–water partition coefficient (Wildman–Crippen LogP) is 3.37. The van der Waals surface area contributed by atoms with E-state index in [2.05, 4.69) is 28.9 Å². The standard InChI is InChI=1S/C13H20ClN3/c1-4-11-5-7-17(8-6-11)13-10(3)9(2)12(14)15-16-13/h11H,4-8H2,1-3H3. The van der Waals surface area contributed by atoms with Crippen LogP contribution in [0, 0.1) is 19.8 Å². The molecule has 0 atom stereocenters. The molecule has 1 saturated heterocycles. The van der Waals surface area contributed by atoms with E-state index in [-0.39, 0.29) is 0 Å². The van der Waals surface area contributed by atoms with Crippen molar-refractivity contribution in [1.82, 2.24) is 10.2 Å². The molecule has 0 radical (unpaired) electrons. The Hall–Kier alpha value is -0.830. The van der Waals surface area contributed by atoms with E-state index in [1.807, 2.05) is 6.92 Å². The van der Waals surface area contributed by atoms with Gasteiger partial charge in [-0.25, -0.2) is 0 Å². The van der Waals surface area contributed by atoms with E-state index in [9.17, 15) is 0 Å². The minimum atomic E-state index is 0.523. The summed E-state index contributed by atoms with van der Waals surface area (Å²) < 4.78 is 0. The Bertz CT molecular complexity index is 398. The van der Waals surface area contributed by atoms with Crippen molar-refractivity contribution in [2.45, 2.75) is 40.0 Å². The Labute approximate surface area is 108 Å². The molecule has 0 spiro atoms. The second-order valence-corrected chi connectivity index (χ2v) is 5.26. The first kappa shape index (κ1) is 12.6. The molecule has 0 aliphatic carbocycles. The third-order valence-electron chi connectivity index (χ3n) is 3.93. The first-order valence-corrected chi connectivity index (χ1v) is 6.75. The molecule has 0 aromatic carbocycles. The Morgan fingerprint density at radius 2 is 1.82 bits per heavy atom. The fourth-order valence-electron chi connectivity index (χ4n) is 2.42. The zero-order chi connectivity index (χ0) is 12.4. The second kappa shape index (κ2) is 5.21. The highest BCUT2D eigenvalue weighted by atomic mass is 35.5. The van der Waals surface area contributed by atoms with Crippen molar-refractivity contribution in [2.75, 3.05) is 18.0 Å². The Morgan fingerprint density at radius 1 is 1.18 bits per heavy atom. The zero-order valence-corrected chi connectivity index (χ0v) is 11.6. The van der Waals surface area contributed by atoms with E-state index in [0.717, 1.165) is 30.4 Å². The number of anilines is 1. The molecule has 0 amide bonds. The molecule has 94 valence electrons. The molecule has 0 saturated carbocycles. The van der Waals surface area contributed by atoms with Crippen molar-refractivity contribution in [1.29, 1.82) is 0 Å². The molecule has 1 aliphatic rings. The summed E-state index contributed by atoms with van der Waals surface area (Å²) in [6, 6.07) is 0. The van der Waals surface area contributed by atoms with Crippen molar-refractivity contribution in [3.05, 3.63) is 16.3 Å². The lowest BCUT2D eigenvalue weighted by atomic mass is 9.94. The lowest BCUT2D eigenvalue weighted by molar-refractivity contribution is 0.393. The van der Waals surface area contributed by atoms with Crippen LogP contribution in [0.4, 0.5) is 5.82 Å². The maximum atomic E-state index is 5.98. The van der Waals surface area contributed by atoms with Gasteiger partial charge in [-0.3, -0.25) is 0 Å². The van der Waals surface area contributed by atoms with Crippen molar-refractivity contribution < 1.29 is 0 Å². The fraction of sp³-hybridized carbons (Fsp3) is 0.692. The van der Waals surface area contributed by atoms with Gasteiger partial charge in [0.25, 0.3) is 0 Å². The molecule has 0 bridgehead atoms. The Kier molecular flexibility index (Phi) is 3.87. The molecule has 1 aromatic heterocycles. The van der Waals surface area contributed by atoms with Gasteiger partial charge in [-0.15, -0.1) is 10.2 Å². The average molecular weight is 254 g/mol. The third kappa shape index (κ3) is 2.54. The number of nitrogens with zero attached hydrogens (tertiary/aromatic N) is 3. The highest BCUT2D eigenvalue weighted by Gasteiger charge is 2.21. The summed E-state index contributed by atoms with van der Waals surface area (Å²) in [5.74, 6) is 1.90. The fourth-order valence-corrected chi connectivity index (χ4v) is 2.60. The molecule has 2 rings (SSSR count). The van der Waals surface area contributed by atoms with Crippen molar-refractivity contribution in [3.63, 3.8) is 0 Å². The van der Waals surface area contributed by atoms with Gasteiger partial charge in [-0.2, -0.15) is 0 Å². The molecular formula is C13H20ClN3. The molecule has 0 N–H and O–H groups in total. The minimum Gasteiger partial charge on any atom is -0.355 e. The number of rotatable bonds is 2. The highest BCUT2D eigenvalue weighted by Crippen LogP contribution is 2.28. The molecule has 1 fully saturated rings. The van der Waals surface area contributed by atoms with Crippen molar-refractivity contribution in [3.8, 4) is 0 Å². The van der Waals surface area contributed by atoms with Crippen molar-refractivity contribution in [2.24, 2.45) is 5.92 Å². The summed E-state index contributed by atoms with van der Waals surface area (Å²) in [6.45, 7) is 8.55. The summed E-state index contributed by atoms with van der Waals surface area (Å²) in [7, 11) is 0. The van der Waals surface area contributed by atoms with Gasteiger partial charge >= 0.3 is 0 Å². The van der Waals surface area contributed by atoms with Crippen LogP contribution in [-0.2, 0) is 0 Å². The third-order valence-corrected chi connectivity index (χ3v) is 4.29. The lowest BCUT2D eigenvalue weighted by Gasteiger charge is -2.33. The first-order chi connectivity index (χ1) is 8.13. The zero-order valence-electron chi connectivity index (χ0n) is 10.8. The van der Waals surface area contributed by atoms with Crippen LogP contribution >= 0.6 is 11.6 Å². The summed E-state index contributed by atoms with van der Waals surface area (Å²) in [4.78, 5) is 2.35. The summed E-state index contributed by atoms with van der Waals surface area (Å²) >= 11 is 5.98. The van der Waals surface area contributed by atoms with Gasteiger partial charge in [0.15, 0.2) is 11.0 Å². The summed E-state index contributed by atoms with van der Waals surface area (Å²) in [5.41, 5.74) is 2.22. The normalized spacial score (nSPS) is 17.5. The minimum absolute atomic E-state index is 0.523. The van der Waals surface area contributed by atoms with Crippen LogP contribution in [0.25, 0.3) is 0 Å². The van der Waals surface area contributed by atoms with E-state index in [1.165, 1.54) is 24.8 Å². The number of aromatic nitrogens is 2. The molecule has 3 nitrogen and oxygen atoms in total. The van der Waals surface area contributed by atoms with E-state index in [0.29, 0.717) is 5.15 Å². The Morgan fingerprint density at radius 3 is 2.41 bits per heavy atom. The SMILES string of the molecule is CCC1CCN(c2nnc(Cl)c(C)c2C)CC1. The molecular weight excluding hydrogens is 234 g/mol. The molecule has 1 aliphatic heterocycles. The van der Waals surface area contributed by atoms with Crippen LogP contribution < -0.4 is 4.90 Å². The van der Waals surface area contributed by atoms with Crippen molar-refractivity contribution >= 4 is 17.4 Å². The largest absolute Gasteiger partial charge is 0.355 e. The second-order valence-electron chi connectivity index (χ2n) is 4.90. The topological polar surface area (TPSA) is 29.0 Å². The van der Waals surface area contributed by atoms with E-state index >= 15 is 0 Å². The molecule has 17 heavy (non-hydrogen) atoms. The number of hydrogen-bond donors (Lipinski definition) is 0. The maximum Gasteiger partial charge on any atom is 0.155 e. The smallest absolute Gasteiger partial charge is 0.155 e. The van der Waals surface area contributed by atoms with E-state index < -0.39 is 0 Å². The van der Waals surface area contributed by atoms with Gasteiger partial charge in [0, 0.05) is 13.1 Å². The van der Waals surface area contributed by atoms with E-state index in [4.69, 9.17) is 11.6 Å². The van der Waals surface area contributed by atoms with Gasteiger partial charge in [0.1, 0.15) is 0 Å². The first-order valence-electron chi connectivity index (χ1n) is 6.37. The molecule has 2 heterocycles. The average Bonchev–Trinajstić information content (AvgIpc) is 2.36. The summed E-state index contributed by atoms with van der Waals surface area (Å²) in [5, 5.41) is 8.81. The van der Waals surface area contributed by atoms with Gasteiger partial charge in [0.2, 0.25) is 0 Å². The quantitative estimate of drug-likeness (QED) is 0.809. The van der Waals surface area contributed by atoms with Gasteiger partial charge < -0.3 is 4.90 Å². The van der Waals surface area contributed by atoms with Crippen LogP contribution in [-0.4, -0.2) is 23.3 Å². The van der Waals surface area contributed by atoms with Gasteiger partial charge in [-0.1, -0.05) is 24.9 Å². The van der Waals surface area contributed by atoms with Crippen LogP contribution in [0.2, 0.25) is 5.15 Å². The monoisotopic (exact) mass is 253 g/mol. The maximum absolute atomic E-state index is 5.98. The molecule has 0 unspecified atom stereocenters. The van der Waals surface area contributed by atoms with Gasteiger partial charge in [-0.05, 0) is 43.7 Å². The predicted molar refractivity (Wildman–Crippen MR) is 71.7 cm³/mol. The van der Waals surface area contributed by atoms with Crippen LogP contribution in [0.3, 0.4) is 0 Å². The number of hydrogen-bond acceptors (Lipinski definition) is 3. The van der Waals surface area contributed by atoms with E-state index in [1.54, 1.807) is 0 Å². The number of piperidine rings is 1. The molecule has 1 aromatic rings.